The van der Waals surface area contributed by atoms with Crippen molar-refractivity contribution in [1.29, 1.82) is 0 Å². The van der Waals surface area contributed by atoms with E-state index >= 15 is 0 Å². The summed E-state index contributed by atoms with van der Waals surface area (Å²) in [5.41, 5.74) is 1.31. The number of halogens is 1. The van der Waals surface area contributed by atoms with E-state index in [-0.39, 0.29) is 5.82 Å². The van der Waals surface area contributed by atoms with Crippen LogP contribution in [0, 0.1) is 5.82 Å². The zero-order valence-electron chi connectivity index (χ0n) is 9.85. The smallest absolute Gasteiger partial charge is 0.128 e. The molecule has 0 bridgehead atoms. The third-order valence-corrected chi connectivity index (χ3v) is 3.37. The highest BCUT2D eigenvalue weighted by atomic mass is 32.1. The molecule has 0 fully saturated rings. The number of ether oxygens (including phenoxy) is 1. The number of hydrogen-bond donors (Lipinski definition) is 0. The molecule has 1 aromatic heterocycles. The standard InChI is InChI=1S/C13H12FNO2S/c1-17-12-5-4-9(14)7-10(12)11-8-18-13(15-11)3-2-6-16/h4-8H,2-3H2,1H3. The van der Waals surface area contributed by atoms with E-state index in [4.69, 9.17) is 4.74 Å². The van der Waals surface area contributed by atoms with Gasteiger partial charge in [-0.2, -0.15) is 0 Å². The maximum absolute atomic E-state index is 13.3. The second-order valence-electron chi connectivity index (χ2n) is 3.68. The van der Waals surface area contributed by atoms with Crippen LogP contribution in [0.1, 0.15) is 11.4 Å². The number of carbonyl (C=O) groups excluding carboxylic acids is 1. The normalized spacial score (nSPS) is 10.3. The van der Waals surface area contributed by atoms with E-state index in [2.05, 4.69) is 4.98 Å². The van der Waals surface area contributed by atoms with Gasteiger partial charge in [0.25, 0.3) is 0 Å². The third-order valence-electron chi connectivity index (χ3n) is 2.47. The Labute approximate surface area is 108 Å². The first-order valence-corrected chi connectivity index (χ1v) is 6.34. The minimum Gasteiger partial charge on any atom is -0.496 e. The van der Waals surface area contributed by atoms with Crippen LogP contribution in [0.3, 0.4) is 0 Å². The second kappa shape index (κ2) is 5.73. The van der Waals surface area contributed by atoms with Gasteiger partial charge in [-0.15, -0.1) is 11.3 Å². The number of carbonyl (C=O) groups is 1. The molecule has 18 heavy (non-hydrogen) atoms. The van der Waals surface area contributed by atoms with Crippen molar-refractivity contribution in [2.75, 3.05) is 7.11 Å². The van der Waals surface area contributed by atoms with Crippen LogP contribution in [-0.4, -0.2) is 18.4 Å². The van der Waals surface area contributed by atoms with E-state index in [1.54, 1.807) is 6.07 Å². The Balaban J connectivity index is 2.32. The van der Waals surface area contributed by atoms with E-state index in [0.29, 0.717) is 29.8 Å². The van der Waals surface area contributed by atoms with Gasteiger partial charge in [-0.25, -0.2) is 9.37 Å². The fraction of sp³-hybridized carbons (Fsp3) is 0.231. The molecule has 0 spiro atoms. The van der Waals surface area contributed by atoms with Gasteiger partial charge < -0.3 is 9.53 Å². The van der Waals surface area contributed by atoms with E-state index in [0.717, 1.165) is 11.3 Å². The quantitative estimate of drug-likeness (QED) is 0.780. The molecule has 0 unspecified atom stereocenters. The van der Waals surface area contributed by atoms with Gasteiger partial charge in [0, 0.05) is 23.8 Å². The molecule has 0 aliphatic heterocycles. The van der Waals surface area contributed by atoms with Gasteiger partial charge in [-0.1, -0.05) is 0 Å². The predicted molar refractivity (Wildman–Crippen MR) is 68.4 cm³/mol. The maximum Gasteiger partial charge on any atom is 0.128 e. The summed E-state index contributed by atoms with van der Waals surface area (Å²) in [7, 11) is 1.54. The molecular formula is C13H12FNO2S. The Hall–Kier alpha value is -1.75. The molecule has 0 radical (unpaired) electrons. The fourth-order valence-electron chi connectivity index (χ4n) is 1.61. The summed E-state index contributed by atoms with van der Waals surface area (Å²) in [6.45, 7) is 0. The minimum absolute atomic E-state index is 0.326. The Morgan fingerprint density at radius 3 is 3.06 bits per heavy atom. The van der Waals surface area contributed by atoms with Crippen LogP contribution in [0.4, 0.5) is 4.39 Å². The number of aromatic nitrogens is 1. The first-order chi connectivity index (χ1) is 8.74. The van der Waals surface area contributed by atoms with Crippen LogP contribution in [0.2, 0.25) is 0 Å². The topological polar surface area (TPSA) is 39.2 Å². The lowest BCUT2D eigenvalue weighted by atomic mass is 10.1. The summed E-state index contributed by atoms with van der Waals surface area (Å²) < 4.78 is 18.4. The SMILES string of the molecule is COc1ccc(F)cc1-c1csc(CCC=O)n1. The first-order valence-electron chi connectivity index (χ1n) is 5.46. The highest BCUT2D eigenvalue weighted by Crippen LogP contribution is 2.31. The lowest BCUT2D eigenvalue weighted by Crippen LogP contribution is -1.90. The highest BCUT2D eigenvalue weighted by molar-refractivity contribution is 7.09. The van der Waals surface area contributed by atoms with Crippen molar-refractivity contribution < 1.29 is 13.9 Å². The zero-order valence-corrected chi connectivity index (χ0v) is 10.7. The predicted octanol–water partition coefficient (Wildman–Crippen LogP) is 3.09. The molecule has 0 atom stereocenters. The maximum atomic E-state index is 13.3. The average Bonchev–Trinajstić information content (AvgIpc) is 2.85. The molecule has 1 aromatic carbocycles. The van der Waals surface area contributed by atoms with Crippen molar-refractivity contribution in [1.82, 2.24) is 4.98 Å². The molecule has 3 nitrogen and oxygen atoms in total. The zero-order chi connectivity index (χ0) is 13.0. The lowest BCUT2D eigenvalue weighted by molar-refractivity contribution is -0.107. The van der Waals surface area contributed by atoms with Gasteiger partial charge in [-0.05, 0) is 18.2 Å². The van der Waals surface area contributed by atoms with E-state index in [1.807, 2.05) is 5.38 Å². The number of thiazole rings is 1. The van der Waals surface area contributed by atoms with Crippen LogP contribution < -0.4 is 4.74 Å². The van der Waals surface area contributed by atoms with Gasteiger partial charge in [-0.3, -0.25) is 0 Å². The van der Waals surface area contributed by atoms with Gasteiger partial charge in [0.05, 0.1) is 17.8 Å². The van der Waals surface area contributed by atoms with Crippen molar-refractivity contribution in [3.63, 3.8) is 0 Å². The fourth-order valence-corrected chi connectivity index (χ4v) is 2.43. The molecule has 1 heterocycles. The van der Waals surface area contributed by atoms with Gasteiger partial charge in [0.2, 0.25) is 0 Å². The molecule has 0 amide bonds. The van der Waals surface area contributed by atoms with Crippen LogP contribution >= 0.6 is 11.3 Å². The van der Waals surface area contributed by atoms with Crippen molar-refractivity contribution in [3.05, 3.63) is 34.4 Å². The van der Waals surface area contributed by atoms with Gasteiger partial charge in [0.1, 0.15) is 17.9 Å². The summed E-state index contributed by atoms with van der Waals surface area (Å²) in [6, 6.07) is 4.33. The summed E-state index contributed by atoms with van der Waals surface area (Å²) in [6.07, 6.45) is 1.93. The monoisotopic (exact) mass is 265 g/mol. The van der Waals surface area contributed by atoms with Gasteiger partial charge in [0.15, 0.2) is 0 Å². The van der Waals surface area contributed by atoms with E-state index in [9.17, 15) is 9.18 Å². The van der Waals surface area contributed by atoms with Crippen LogP contribution in [0.25, 0.3) is 11.3 Å². The highest BCUT2D eigenvalue weighted by Gasteiger charge is 2.11. The number of aldehydes is 1. The Kier molecular flexibility index (Phi) is 4.04. The summed E-state index contributed by atoms with van der Waals surface area (Å²) >= 11 is 1.46. The molecule has 0 aliphatic carbocycles. The van der Waals surface area contributed by atoms with Crippen molar-refractivity contribution in [2.24, 2.45) is 0 Å². The van der Waals surface area contributed by atoms with Crippen molar-refractivity contribution >= 4 is 17.6 Å². The number of aryl methyl sites for hydroxylation is 1. The van der Waals surface area contributed by atoms with Crippen LogP contribution in [0.15, 0.2) is 23.6 Å². The van der Waals surface area contributed by atoms with E-state index in [1.165, 1.54) is 30.6 Å². The van der Waals surface area contributed by atoms with Crippen molar-refractivity contribution in [3.8, 4) is 17.0 Å². The summed E-state index contributed by atoms with van der Waals surface area (Å²) in [5, 5.41) is 2.71. The first kappa shape index (κ1) is 12.7. The number of benzene rings is 1. The molecule has 0 saturated carbocycles. The number of nitrogens with zero attached hydrogens (tertiary/aromatic N) is 1. The average molecular weight is 265 g/mol. The summed E-state index contributed by atoms with van der Waals surface area (Å²) in [5.74, 6) is 0.261. The van der Waals surface area contributed by atoms with Crippen LogP contribution in [0.5, 0.6) is 5.75 Å². The third kappa shape index (κ3) is 2.73. The molecule has 2 aromatic rings. The Bertz CT molecular complexity index is 554. The number of hydrogen-bond acceptors (Lipinski definition) is 4. The van der Waals surface area contributed by atoms with E-state index < -0.39 is 0 Å². The molecule has 2 rings (SSSR count). The molecule has 0 aliphatic rings. The molecule has 5 heteroatoms. The Morgan fingerprint density at radius 1 is 1.50 bits per heavy atom. The Morgan fingerprint density at radius 2 is 2.33 bits per heavy atom. The molecular weight excluding hydrogens is 253 g/mol. The largest absolute Gasteiger partial charge is 0.496 e. The summed E-state index contributed by atoms with van der Waals surface area (Å²) in [4.78, 5) is 14.7. The van der Waals surface area contributed by atoms with Crippen molar-refractivity contribution in [2.45, 2.75) is 12.8 Å². The number of rotatable bonds is 5. The molecule has 0 N–H and O–H groups in total. The second-order valence-corrected chi connectivity index (χ2v) is 4.62. The molecule has 0 saturated heterocycles. The van der Waals surface area contributed by atoms with Crippen LogP contribution in [-0.2, 0) is 11.2 Å². The lowest BCUT2D eigenvalue weighted by Gasteiger charge is -2.05. The van der Waals surface area contributed by atoms with Gasteiger partial charge >= 0.3 is 0 Å². The number of methoxy groups -OCH3 is 1. The molecule has 94 valence electrons. The minimum atomic E-state index is -0.326.